The first-order valence-corrected chi connectivity index (χ1v) is 27.8. The van der Waals surface area contributed by atoms with Crippen LogP contribution in [0.3, 0.4) is 0 Å². The molecule has 0 spiro atoms. The molecule has 0 unspecified atom stereocenters. The summed E-state index contributed by atoms with van der Waals surface area (Å²) in [5, 5.41) is 9.14. The fraction of sp³-hybridized carbons (Fsp3) is 0.155. The number of esters is 2. The summed E-state index contributed by atoms with van der Waals surface area (Å²) in [4.78, 5) is 49.4. The molecule has 13 heteroatoms. The van der Waals surface area contributed by atoms with E-state index >= 15 is 0 Å². The van der Waals surface area contributed by atoms with Crippen LogP contribution in [0.5, 0.6) is 0 Å². The van der Waals surface area contributed by atoms with Crippen LogP contribution in [-0.4, -0.2) is 52.2 Å². The van der Waals surface area contributed by atoms with Crippen LogP contribution in [0.15, 0.2) is 263 Å². The van der Waals surface area contributed by atoms with Gasteiger partial charge in [0.25, 0.3) is 0 Å². The second kappa shape index (κ2) is 24.5. The lowest BCUT2D eigenvalue weighted by molar-refractivity contribution is -0.143. The topological polar surface area (TPSA) is 180 Å². The zero-order valence-electron chi connectivity index (χ0n) is 45.9. The van der Waals surface area contributed by atoms with E-state index in [1.54, 1.807) is 18.6 Å². The summed E-state index contributed by atoms with van der Waals surface area (Å²) in [6, 6.07) is 74.2. The van der Waals surface area contributed by atoms with Crippen LogP contribution < -0.4 is 5.48 Å². The van der Waals surface area contributed by atoms with Crippen molar-refractivity contribution in [2.75, 3.05) is 14.2 Å². The molecule has 84 heavy (non-hydrogen) atoms. The standard InChI is InChI=1S/C26H21NO3.C25H20N2O3.C20H17NO3/c1-29-26(28)24-22(18-8-4-2-5-9-18)23(24)19-14-12-17(13-15-19)21-16-27-25(30-21)20-10-6-3-7-11-20;28-24(27-29)23-21(17-7-3-1-4-8-17)22(23)18-13-11-16(12-14-18)20-15-26-25(30-20)19-9-5-2-6-10-19;1-23-20(22)19-17(14-5-3-2-4-6-14)18(19)15-9-7-13(8-10-15)16-11-21-12-24-16/h2-16,22-24H,1H3;1-15,21-23,29H,(H,27,28);2-12,17-19H,1H3/t22-,23-,24-;21-,22-,23-;17-,18-,19-/m111/s1. The second-order valence-electron chi connectivity index (χ2n) is 21.0. The Morgan fingerprint density at radius 1 is 0.381 bits per heavy atom. The number of hydrogen-bond acceptors (Lipinski definition) is 12. The van der Waals surface area contributed by atoms with Crippen molar-refractivity contribution in [2.24, 2.45) is 17.8 Å². The molecule has 3 aliphatic carbocycles. The van der Waals surface area contributed by atoms with E-state index in [0.717, 1.165) is 61.6 Å². The molecule has 0 saturated heterocycles. The Bertz CT molecular complexity index is 3760. The van der Waals surface area contributed by atoms with Gasteiger partial charge in [0.05, 0.1) is 50.6 Å². The molecule has 3 heterocycles. The molecular formula is C71H58N4O9. The van der Waals surface area contributed by atoms with Gasteiger partial charge in [-0.25, -0.2) is 20.4 Å². The summed E-state index contributed by atoms with van der Waals surface area (Å²) < 4.78 is 27.3. The molecule has 11 aromatic rings. The smallest absolute Gasteiger partial charge is 0.309 e. The number of hydrogen-bond donors (Lipinski definition) is 2. The number of carbonyl (C=O) groups excluding carboxylic acids is 3. The van der Waals surface area contributed by atoms with Gasteiger partial charge < -0.3 is 22.7 Å². The Hall–Kier alpha value is -10.2. The average Bonchev–Trinajstić information content (AvgIpc) is 2.11. The first kappa shape index (κ1) is 54.4. The molecule has 3 aliphatic rings. The zero-order chi connectivity index (χ0) is 57.5. The number of ether oxygens (including phenoxy) is 2. The molecule has 3 fully saturated rings. The van der Waals surface area contributed by atoms with Crippen LogP contribution in [0, 0.1) is 17.8 Å². The molecule has 0 aliphatic heterocycles. The van der Waals surface area contributed by atoms with Crippen LogP contribution in [0.1, 0.15) is 68.9 Å². The van der Waals surface area contributed by atoms with Gasteiger partial charge in [-0.1, -0.05) is 200 Å². The van der Waals surface area contributed by atoms with E-state index in [9.17, 15) is 14.4 Å². The van der Waals surface area contributed by atoms with E-state index in [0.29, 0.717) is 17.5 Å². The van der Waals surface area contributed by atoms with Crippen LogP contribution in [-0.2, 0) is 23.9 Å². The number of nitrogens with zero attached hydrogens (tertiary/aromatic N) is 3. The van der Waals surface area contributed by atoms with Gasteiger partial charge in [0.15, 0.2) is 23.7 Å². The molecule has 1 amide bonds. The summed E-state index contributed by atoms with van der Waals surface area (Å²) in [5.74, 6) is 2.86. The lowest BCUT2D eigenvalue weighted by Crippen LogP contribution is -2.21. The number of oxazole rings is 3. The zero-order valence-corrected chi connectivity index (χ0v) is 45.9. The number of aromatic nitrogens is 3. The lowest BCUT2D eigenvalue weighted by atomic mass is 10.0. The Kier molecular flexibility index (Phi) is 15.8. The summed E-state index contributed by atoms with van der Waals surface area (Å²) in [6.07, 6.45) is 6.58. The third-order valence-electron chi connectivity index (χ3n) is 16.2. The second-order valence-corrected chi connectivity index (χ2v) is 21.0. The number of hydroxylamine groups is 1. The molecular weight excluding hydrogens is 1050 g/mol. The van der Waals surface area contributed by atoms with Gasteiger partial charge in [0, 0.05) is 63.3 Å². The van der Waals surface area contributed by atoms with Crippen molar-refractivity contribution in [3.8, 4) is 56.9 Å². The molecule has 0 radical (unpaired) electrons. The fourth-order valence-electron chi connectivity index (χ4n) is 11.9. The first-order chi connectivity index (χ1) is 41.3. The van der Waals surface area contributed by atoms with Crippen molar-refractivity contribution < 1.29 is 42.3 Å². The van der Waals surface area contributed by atoms with Crippen molar-refractivity contribution in [1.82, 2.24) is 20.4 Å². The molecule has 0 bridgehead atoms. The van der Waals surface area contributed by atoms with E-state index in [-0.39, 0.29) is 71.1 Å². The minimum Gasteiger partial charge on any atom is -0.469 e. The molecule has 9 atom stereocenters. The minimum atomic E-state index is -0.347. The number of carbonyl (C=O) groups is 3. The van der Waals surface area contributed by atoms with E-state index in [4.69, 9.17) is 27.9 Å². The molecule has 14 rings (SSSR count). The number of methoxy groups -OCH3 is 2. The number of amides is 1. The highest BCUT2D eigenvalue weighted by atomic mass is 16.5. The van der Waals surface area contributed by atoms with Crippen molar-refractivity contribution in [2.45, 2.75) is 35.5 Å². The van der Waals surface area contributed by atoms with Gasteiger partial charge in [-0.15, -0.1) is 0 Å². The molecule has 3 saturated carbocycles. The highest BCUT2D eigenvalue weighted by molar-refractivity contribution is 5.85. The van der Waals surface area contributed by atoms with Gasteiger partial charge in [0.1, 0.15) is 0 Å². The van der Waals surface area contributed by atoms with Gasteiger partial charge >= 0.3 is 11.9 Å². The first-order valence-electron chi connectivity index (χ1n) is 27.8. The molecule has 3 aromatic heterocycles. The molecule has 13 nitrogen and oxygen atoms in total. The third-order valence-corrected chi connectivity index (χ3v) is 16.2. The minimum absolute atomic E-state index is 0.0307. The maximum Gasteiger partial charge on any atom is 0.309 e. The van der Waals surface area contributed by atoms with Gasteiger partial charge in [-0.3, -0.25) is 19.6 Å². The predicted molar refractivity (Wildman–Crippen MR) is 317 cm³/mol. The SMILES string of the molecule is COC(=O)[C@@H]1[C@H](c2ccccc2)[C@H]1c1ccc(-c2cnc(-c3ccccc3)o2)cc1.COC(=O)[C@@H]1[C@H](c2ccccc2)[C@H]1c1ccc(-c2cnco2)cc1.O=C(NO)[C@@H]1[C@H](c2ccccc2)[C@H]1c1ccc(-c2cnc(-c3ccccc3)o2)cc1. The lowest BCUT2D eigenvalue weighted by Gasteiger charge is -2.03. The third kappa shape index (κ3) is 11.5. The normalized spacial score (nSPS) is 20.6. The highest BCUT2D eigenvalue weighted by Crippen LogP contribution is 2.63. The monoisotopic (exact) mass is 1110 g/mol. The largest absolute Gasteiger partial charge is 0.469 e. The summed E-state index contributed by atoms with van der Waals surface area (Å²) in [7, 11) is 2.91. The quantitative estimate of drug-likeness (QED) is 0.0599. The maximum atomic E-state index is 12.3. The van der Waals surface area contributed by atoms with Crippen LogP contribution >= 0.6 is 0 Å². The highest BCUT2D eigenvalue weighted by Gasteiger charge is 2.58. The molecule has 416 valence electrons. The average molecular weight is 1110 g/mol. The number of nitrogens with one attached hydrogen (secondary N) is 1. The van der Waals surface area contributed by atoms with E-state index < -0.39 is 0 Å². The number of benzene rings is 8. The maximum absolute atomic E-state index is 12.3. The Morgan fingerprint density at radius 3 is 1.00 bits per heavy atom. The van der Waals surface area contributed by atoms with Crippen molar-refractivity contribution in [1.29, 1.82) is 0 Å². The molecule has 2 N–H and O–H groups in total. The van der Waals surface area contributed by atoms with Crippen molar-refractivity contribution in [3.05, 3.63) is 283 Å². The van der Waals surface area contributed by atoms with Crippen molar-refractivity contribution >= 4 is 17.8 Å². The Morgan fingerprint density at radius 2 is 0.690 bits per heavy atom. The summed E-state index contributed by atoms with van der Waals surface area (Å²) >= 11 is 0. The van der Waals surface area contributed by atoms with Gasteiger partial charge in [-0.05, 0) is 57.6 Å². The van der Waals surface area contributed by atoms with Crippen LogP contribution in [0.25, 0.3) is 56.9 Å². The fourth-order valence-corrected chi connectivity index (χ4v) is 11.9. The predicted octanol–water partition coefficient (Wildman–Crippen LogP) is 14.7. The van der Waals surface area contributed by atoms with E-state index in [1.807, 2.05) is 181 Å². The van der Waals surface area contributed by atoms with Crippen LogP contribution in [0.4, 0.5) is 0 Å². The van der Waals surface area contributed by atoms with Crippen LogP contribution in [0.2, 0.25) is 0 Å². The van der Waals surface area contributed by atoms with E-state index in [1.165, 1.54) is 31.7 Å². The summed E-state index contributed by atoms with van der Waals surface area (Å²) in [5.41, 5.74) is 13.3. The molecule has 8 aromatic carbocycles. The van der Waals surface area contributed by atoms with Gasteiger partial charge in [0.2, 0.25) is 17.7 Å². The number of rotatable bonds is 14. The van der Waals surface area contributed by atoms with Gasteiger partial charge in [-0.2, -0.15) is 0 Å². The summed E-state index contributed by atoms with van der Waals surface area (Å²) in [6.45, 7) is 0. The Labute approximate surface area is 485 Å². The Balaban J connectivity index is 0.000000125. The van der Waals surface area contributed by atoms with Crippen molar-refractivity contribution in [3.63, 3.8) is 0 Å². The van der Waals surface area contributed by atoms with E-state index in [2.05, 4.69) is 63.5 Å².